The van der Waals surface area contributed by atoms with Crippen LogP contribution in [0.3, 0.4) is 0 Å². The van der Waals surface area contributed by atoms with Gasteiger partial charge in [0.2, 0.25) is 0 Å². The molecule has 0 spiro atoms. The Bertz CT molecular complexity index is 191. The van der Waals surface area contributed by atoms with Crippen LogP contribution in [-0.2, 0) is 0 Å². The fraction of sp³-hybridized carbons (Fsp3) is 0.556. The number of hydrogen-bond acceptors (Lipinski definition) is 0. The molecule has 10 heavy (non-hydrogen) atoms. The highest BCUT2D eigenvalue weighted by Gasteiger charge is 2.24. The maximum atomic E-state index is 3.58. The SMILES string of the molecule is BrC1C=CCC2CCC2=C1. The minimum Gasteiger partial charge on any atom is -0.0865 e. The predicted molar refractivity (Wildman–Crippen MR) is 47.3 cm³/mol. The minimum atomic E-state index is 0.507. The third-order valence-electron chi connectivity index (χ3n) is 2.42. The van der Waals surface area contributed by atoms with Gasteiger partial charge < -0.3 is 0 Å². The maximum absolute atomic E-state index is 3.58. The van der Waals surface area contributed by atoms with Crippen molar-refractivity contribution in [2.45, 2.75) is 24.1 Å². The molecule has 0 aromatic heterocycles. The molecular formula is C9H11Br. The van der Waals surface area contributed by atoms with Gasteiger partial charge in [-0.05, 0) is 25.2 Å². The Morgan fingerprint density at radius 2 is 2.40 bits per heavy atom. The van der Waals surface area contributed by atoms with Crippen LogP contribution >= 0.6 is 15.9 Å². The summed E-state index contributed by atoms with van der Waals surface area (Å²) < 4.78 is 0. The molecule has 0 bridgehead atoms. The standard InChI is InChI=1S/C9H11Br/c10-9-3-1-2-7-4-5-8(7)6-9/h1,3,6-7,9H,2,4-5H2. The lowest BCUT2D eigenvalue weighted by atomic mass is 9.78. The molecule has 2 atom stereocenters. The van der Waals surface area contributed by atoms with E-state index in [0.29, 0.717) is 4.83 Å². The Morgan fingerprint density at radius 3 is 3.10 bits per heavy atom. The number of hydrogen-bond donors (Lipinski definition) is 0. The lowest BCUT2D eigenvalue weighted by Crippen LogP contribution is -2.14. The molecule has 0 heterocycles. The van der Waals surface area contributed by atoms with Crippen molar-refractivity contribution in [3.63, 3.8) is 0 Å². The van der Waals surface area contributed by atoms with Gasteiger partial charge >= 0.3 is 0 Å². The number of halogens is 1. The van der Waals surface area contributed by atoms with Crippen LogP contribution in [0.5, 0.6) is 0 Å². The molecule has 1 saturated carbocycles. The van der Waals surface area contributed by atoms with Gasteiger partial charge in [-0.1, -0.05) is 39.7 Å². The van der Waals surface area contributed by atoms with Gasteiger partial charge in [-0.15, -0.1) is 0 Å². The molecule has 0 aliphatic heterocycles. The largest absolute Gasteiger partial charge is 0.0865 e. The monoisotopic (exact) mass is 198 g/mol. The molecule has 2 aliphatic rings. The third kappa shape index (κ3) is 1.07. The highest BCUT2D eigenvalue weighted by molar-refractivity contribution is 9.09. The molecule has 0 radical (unpaired) electrons. The molecule has 2 aliphatic carbocycles. The van der Waals surface area contributed by atoms with Gasteiger partial charge in [0.25, 0.3) is 0 Å². The van der Waals surface area contributed by atoms with E-state index in [1.165, 1.54) is 19.3 Å². The zero-order valence-electron chi connectivity index (χ0n) is 5.89. The first-order chi connectivity index (χ1) is 4.86. The van der Waals surface area contributed by atoms with E-state index >= 15 is 0 Å². The fourth-order valence-corrected chi connectivity index (χ4v) is 2.19. The first kappa shape index (κ1) is 6.66. The van der Waals surface area contributed by atoms with Gasteiger partial charge in [0.1, 0.15) is 0 Å². The second kappa shape index (κ2) is 2.54. The van der Waals surface area contributed by atoms with Crippen LogP contribution < -0.4 is 0 Å². The average molecular weight is 199 g/mol. The van der Waals surface area contributed by atoms with Crippen molar-refractivity contribution in [1.82, 2.24) is 0 Å². The molecule has 54 valence electrons. The number of allylic oxidation sites excluding steroid dienone is 4. The normalized spacial score (nSPS) is 37.5. The molecule has 2 rings (SSSR count). The Labute approximate surface area is 70.1 Å². The predicted octanol–water partition coefficient (Wildman–Crippen LogP) is 3.05. The van der Waals surface area contributed by atoms with Crippen molar-refractivity contribution in [1.29, 1.82) is 0 Å². The van der Waals surface area contributed by atoms with E-state index in [4.69, 9.17) is 0 Å². The maximum Gasteiger partial charge on any atom is 0.0508 e. The Morgan fingerprint density at radius 1 is 1.50 bits per heavy atom. The van der Waals surface area contributed by atoms with E-state index in [2.05, 4.69) is 34.2 Å². The van der Waals surface area contributed by atoms with Gasteiger partial charge in [-0.2, -0.15) is 0 Å². The fourth-order valence-electron chi connectivity index (χ4n) is 1.64. The summed E-state index contributed by atoms with van der Waals surface area (Å²) in [4.78, 5) is 0.507. The molecule has 1 heteroatoms. The first-order valence-corrected chi connectivity index (χ1v) is 4.79. The van der Waals surface area contributed by atoms with Crippen LogP contribution in [0.15, 0.2) is 23.8 Å². The van der Waals surface area contributed by atoms with Gasteiger partial charge in [0.05, 0.1) is 4.83 Å². The molecule has 2 unspecified atom stereocenters. The van der Waals surface area contributed by atoms with E-state index in [-0.39, 0.29) is 0 Å². The summed E-state index contributed by atoms with van der Waals surface area (Å²) in [5, 5.41) is 0. The Balaban J connectivity index is 2.18. The average Bonchev–Trinajstić information content (AvgIpc) is 1.99. The second-order valence-electron chi connectivity index (χ2n) is 3.09. The summed E-state index contributed by atoms with van der Waals surface area (Å²) in [5.74, 6) is 0.902. The second-order valence-corrected chi connectivity index (χ2v) is 4.14. The topological polar surface area (TPSA) is 0 Å². The molecule has 0 N–H and O–H groups in total. The zero-order chi connectivity index (χ0) is 6.97. The van der Waals surface area contributed by atoms with E-state index in [1.54, 1.807) is 5.57 Å². The van der Waals surface area contributed by atoms with E-state index in [0.717, 1.165) is 5.92 Å². The molecule has 0 aromatic carbocycles. The van der Waals surface area contributed by atoms with Crippen LogP contribution in [0.2, 0.25) is 0 Å². The van der Waals surface area contributed by atoms with Crippen LogP contribution in [0, 0.1) is 5.92 Å². The minimum absolute atomic E-state index is 0.507. The van der Waals surface area contributed by atoms with E-state index in [9.17, 15) is 0 Å². The van der Waals surface area contributed by atoms with Crippen molar-refractivity contribution in [2.75, 3.05) is 0 Å². The van der Waals surface area contributed by atoms with E-state index < -0.39 is 0 Å². The van der Waals surface area contributed by atoms with Crippen LogP contribution in [0.25, 0.3) is 0 Å². The van der Waals surface area contributed by atoms with Crippen molar-refractivity contribution < 1.29 is 0 Å². The summed E-state index contributed by atoms with van der Waals surface area (Å²) in [6.07, 6.45) is 10.9. The van der Waals surface area contributed by atoms with Crippen molar-refractivity contribution in [3.05, 3.63) is 23.8 Å². The summed E-state index contributed by atoms with van der Waals surface area (Å²) in [6.45, 7) is 0. The molecule has 0 nitrogen and oxygen atoms in total. The number of alkyl halides is 1. The number of rotatable bonds is 0. The molecule has 0 saturated heterocycles. The summed E-state index contributed by atoms with van der Waals surface area (Å²) in [6, 6.07) is 0. The van der Waals surface area contributed by atoms with Crippen LogP contribution in [0.4, 0.5) is 0 Å². The lowest BCUT2D eigenvalue weighted by molar-refractivity contribution is 0.449. The summed E-state index contributed by atoms with van der Waals surface area (Å²) >= 11 is 3.58. The smallest absolute Gasteiger partial charge is 0.0508 e. The zero-order valence-corrected chi connectivity index (χ0v) is 7.47. The Hall–Kier alpha value is -0.0400. The van der Waals surface area contributed by atoms with Crippen LogP contribution in [0.1, 0.15) is 19.3 Å². The number of fused-ring (bicyclic) bond motifs is 1. The highest BCUT2D eigenvalue weighted by Crippen LogP contribution is 2.38. The van der Waals surface area contributed by atoms with Gasteiger partial charge in [-0.25, -0.2) is 0 Å². The van der Waals surface area contributed by atoms with Crippen LogP contribution in [-0.4, -0.2) is 4.83 Å². The first-order valence-electron chi connectivity index (χ1n) is 3.87. The van der Waals surface area contributed by atoms with Crippen molar-refractivity contribution >= 4 is 15.9 Å². The lowest BCUT2D eigenvalue weighted by Gasteiger charge is -2.28. The van der Waals surface area contributed by atoms with Gasteiger partial charge in [0.15, 0.2) is 0 Å². The quantitative estimate of drug-likeness (QED) is 0.415. The molecular weight excluding hydrogens is 188 g/mol. The van der Waals surface area contributed by atoms with Crippen molar-refractivity contribution in [3.8, 4) is 0 Å². The van der Waals surface area contributed by atoms with Gasteiger partial charge in [-0.3, -0.25) is 0 Å². The molecule has 0 aromatic rings. The third-order valence-corrected chi connectivity index (χ3v) is 2.99. The molecule has 0 amide bonds. The van der Waals surface area contributed by atoms with E-state index in [1.807, 2.05) is 0 Å². The highest BCUT2D eigenvalue weighted by atomic mass is 79.9. The summed E-state index contributed by atoms with van der Waals surface area (Å²) in [7, 11) is 0. The molecule has 1 fully saturated rings. The summed E-state index contributed by atoms with van der Waals surface area (Å²) in [5.41, 5.74) is 1.67. The Kier molecular flexibility index (Phi) is 1.69. The van der Waals surface area contributed by atoms with Gasteiger partial charge in [0, 0.05) is 0 Å². The van der Waals surface area contributed by atoms with Crippen molar-refractivity contribution in [2.24, 2.45) is 5.92 Å².